The number of piperazine rings is 1. The second kappa shape index (κ2) is 5.02. The summed E-state index contributed by atoms with van der Waals surface area (Å²) in [5.74, 6) is -0.275. The Bertz CT molecular complexity index is 543. The van der Waals surface area contributed by atoms with Crippen molar-refractivity contribution in [3.8, 4) is 0 Å². The summed E-state index contributed by atoms with van der Waals surface area (Å²) in [5, 5.41) is 3.57. The van der Waals surface area contributed by atoms with Gasteiger partial charge >= 0.3 is 0 Å². The van der Waals surface area contributed by atoms with Crippen LogP contribution in [0.2, 0.25) is 10.0 Å². The largest absolute Gasteiger partial charge is 0.341 e. The molecule has 1 aromatic rings. The fourth-order valence-corrected chi connectivity index (χ4v) is 2.39. The number of carbonyl (C=O) groups is 2. The van der Waals surface area contributed by atoms with Crippen molar-refractivity contribution in [3.63, 3.8) is 0 Å². The fraction of sp³-hybridized carbons (Fsp3) is 0.385. The molecular formula is C13H14Cl2N2O2. The zero-order valence-corrected chi connectivity index (χ0v) is 12.2. The molecule has 0 radical (unpaired) electrons. The quantitative estimate of drug-likeness (QED) is 0.910. The Labute approximate surface area is 121 Å². The molecule has 1 aliphatic heterocycles. The normalized spacial score (nSPS) is 18.4. The summed E-state index contributed by atoms with van der Waals surface area (Å²) < 4.78 is 0. The molecule has 0 atom stereocenters. The third-order valence-electron chi connectivity index (χ3n) is 2.97. The molecule has 0 unspecified atom stereocenters. The van der Waals surface area contributed by atoms with Crippen LogP contribution in [0.3, 0.4) is 0 Å². The molecule has 2 rings (SSSR count). The lowest BCUT2D eigenvalue weighted by Gasteiger charge is -2.37. The highest BCUT2D eigenvalue weighted by molar-refractivity contribution is 6.42. The minimum atomic E-state index is -0.869. The van der Waals surface area contributed by atoms with Gasteiger partial charge in [-0.3, -0.25) is 9.59 Å². The molecule has 1 heterocycles. The van der Waals surface area contributed by atoms with Crippen molar-refractivity contribution in [1.82, 2.24) is 10.2 Å². The van der Waals surface area contributed by atoms with E-state index in [1.807, 2.05) is 0 Å². The predicted molar refractivity (Wildman–Crippen MR) is 74.1 cm³/mol. The minimum absolute atomic E-state index is 0.0580. The molecule has 2 amide bonds. The Morgan fingerprint density at radius 3 is 2.58 bits per heavy atom. The minimum Gasteiger partial charge on any atom is -0.341 e. The molecule has 0 spiro atoms. The molecule has 4 nitrogen and oxygen atoms in total. The van der Waals surface area contributed by atoms with E-state index in [0.717, 1.165) is 5.56 Å². The highest BCUT2D eigenvalue weighted by Gasteiger charge is 2.38. The van der Waals surface area contributed by atoms with Crippen LogP contribution >= 0.6 is 23.2 Å². The number of hydrogen-bond acceptors (Lipinski definition) is 2. The average molecular weight is 301 g/mol. The summed E-state index contributed by atoms with van der Waals surface area (Å²) in [6.45, 7) is 3.78. The molecule has 1 aromatic carbocycles. The fourth-order valence-electron chi connectivity index (χ4n) is 2.07. The van der Waals surface area contributed by atoms with E-state index < -0.39 is 5.54 Å². The van der Waals surface area contributed by atoms with Gasteiger partial charge in [0.2, 0.25) is 11.8 Å². The second-order valence-electron chi connectivity index (χ2n) is 5.08. The van der Waals surface area contributed by atoms with Crippen LogP contribution in [0.25, 0.3) is 0 Å². The van der Waals surface area contributed by atoms with Crippen LogP contribution in [-0.2, 0) is 16.1 Å². The topological polar surface area (TPSA) is 49.4 Å². The third kappa shape index (κ3) is 3.01. The SMILES string of the molecule is CC1(C)NC(=O)CN(Cc2ccc(Cl)c(Cl)c2)C1=O. The van der Waals surface area contributed by atoms with Gasteiger partial charge in [0.15, 0.2) is 0 Å². The number of benzene rings is 1. The summed E-state index contributed by atoms with van der Waals surface area (Å²) in [5.41, 5.74) is -0.0285. The van der Waals surface area contributed by atoms with E-state index in [1.54, 1.807) is 32.0 Å². The molecule has 0 bridgehead atoms. The van der Waals surface area contributed by atoms with Crippen molar-refractivity contribution in [3.05, 3.63) is 33.8 Å². The van der Waals surface area contributed by atoms with Crippen LogP contribution in [0.4, 0.5) is 0 Å². The Balaban J connectivity index is 2.19. The highest BCUT2D eigenvalue weighted by Crippen LogP contribution is 2.24. The van der Waals surface area contributed by atoms with Crippen molar-refractivity contribution >= 4 is 35.0 Å². The Hall–Kier alpha value is -1.26. The van der Waals surface area contributed by atoms with Crippen LogP contribution in [0.15, 0.2) is 18.2 Å². The first-order chi connectivity index (χ1) is 8.79. The number of nitrogens with one attached hydrogen (secondary N) is 1. The average Bonchev–Trinajstić information content (AvgIpc) is 2.30. The number of halogens is 2. The van der Waals surface area contributed by atoms with E-state index in [2.05, 4.69) is 5.32 Å². The summed E-state index contributed by atoms with van der Waals surface area (Å²) in [4.78, 5) is 25.3. The van der Waals surface area contributed by atoms with E-state index in [9.17, 15) is 9.59 Å². The Morgan fingerprint density at radius 1 is 1.26 bits per heavy atom. The van der Waals surface area contributed by atoms with Crippen LogP contribution in [0.5, 0.6) is 0 Å². The summed E-state index contributed by atoms with van der Waals surface area (Å²) in [6.07, 6.45) is 0. The lowest BCUT2D eigenvalue weighted by Crippen LogP contribution is -2.63. The molecule has 0 aliphatic carbocycles. The maximum atomic E-state index is 12.2. The van der Waals surface area contributed by atoms with Crippen LogP contribution in [-0.4, -0.2) is 28.8 Å². The molecule has 102 valence electrons. The summed E-state index contributed by atoms with van der Waals surface area (Å²) >= 11 is 11.8. The van der Waals surface area contributed by atoms with Crippen molar-refractivity contribution in [2.45, 2.75) is 25.9 Å². The molecule has 1 saturated heterocycles. The van der Waals surface area contributed by atoms with Crippen molar-refractivity contribution in [2.24, 2.45) is 0 Å². The van der Waals surface area contributed by atoms with Gasteiger partial charge in [-0.2, -0.15) is 0 Å². The molecule has 19 heavy (non-hydrogen) atoms. The lowest BCUT2D eigenvalue weighted by atomic mass is 10.00. The van der Waals surface area contributed by atoms with Gasteiger partial charge in [0.25, 0.3) is 0 Å². The third-order valence-corrected chi connectivity index (χ3v) is 3.70. The first kappa shape index (κ1) is 14.2. The zero-order valence-electron chi connectivity index (χ0n) is 10.7. The number of hydrogen-bond donors (Lipinski definition) is 1. The number of amides is 2. The van der Waals surface area contributed by atoms with Gasteiger partial charge in [-0.05, 0) is 31.5 Å². The first-order valence-corrected chi connectivity index (χ1v) is 6.59. The van der Waals surface area contributed by atoms with Gasteiger partial charge in [0, 0.05) is 6.54 Å². The number of carbonyl (C=O) groups excluding carboxylic acids is 2. The van der Waals surface area contributed by atoms with E-state index >= 15 is 0 Å². The Kier molecular flexibility index (Phi) is 3.74. The monoisotopic (exact) mass is 300 g/mol. The molecule has 0 aromatic heterocycles. The maximum absolute atomic E-state index is 12.2. The molecule has 0 saturated carbocycles. The van der Waals surface area contributed by atoms with Crippen molar-refractivity contribution < 1.29 is 9.59 Å². The smallest absolute Gasteiger partial charge is 0.248 e. The van der Waals surface area contributed by atoms with Crippen LogP contribution in [0, 0.1) is 0 Å². The van der Waals surface area contributed by atoms with Gasteiger partial charge in [-0.15, -0.1) is 0 Å². The highest BCUT2D eigenvalue weighted by atomic mass is 35.5. The summed E-state index contributed by atoms with van der Waals surface area (Å²) in [7, 11) is 0. The Morgan fingerprint density at radius 2 is 1.95 bits per heavy atom. The van der Waals surface area contributed by atoms with Crippen LogP contribution in [0.1, 0.15) is 19.4 Å². The second-order valence-corrected chi connectivity index (χ2v) is 5.90. The van der Waals surface area contributed by atoms with E-state index in [-0.39, 0.29) is 18.4 Å². The van der Waals surface area contributed by atoms with E-state index in [0.29, 0.717) is 16.6 Å². The standard InChI is InChI=1S/C13H14Cl2N2O2/c1-13(2)12(19)17(7-11(18)16-13)6-8-3-4-9(14)10(15)5-8/h3-5H,6-7H2,1-2H3,(H,16,18). The molecule has 1 fully saturated rings. The van der Waals surface area contributed by atoms with Gasteiger partial charge < -0.3 is 10.2 Å². The van der Waals surface area contributed by atoms with E-state index in [4.69, 9.17) is 23.2 Å². The predicted octanol–water partition coefficient (Wildman–Crippen LogP) is 2.23. The van der Waals surface area contributed by atoms with Gasteiger partial charge in [-0.25, -0.2) is 0 Å². The molecule has 6 heteroatoms. The molecule has 1 N–H and O–H groups in total. The maximum Gasteiger partial charge on any atom is 0.248 e. The summed E-state index contributed by atoms with van der Waals surface area (Å²) in [6, 6.07) is 5.18. The van der Waals surface area contributed by atoms with E-state index in [1.165, 1.54) is 4.90 Å². The molecular weight excluding hydrogens is 287 g/mol. The first-order valence-electron chi connectivity index (χ1n) is 5.84. The van der Waals surface area contributed by atoms with Crippen molar-refractivity contribution in [1.29, 1.82) is 0 Å². The van der Waals surface area contributed by atoms with Crippen LogP contribution < -0.4 is 5.32 Å². The lowest BCUT2D eigenvalue weighted by molar-refractivity contribution is -0.148. The van der Waals surface area contributed by atoms with Gasteiger partial charge in [0.05, 0.1) is 16.6 Å². The van der Waals surface area contributed by atoms with Crippen molar-refractivity contribution in [2.75, 3.05) is 6.54 Å². The zero-order chi connectivity index (χ0) is 14.2. The van der Waals surface area contributed by atoms with Gasteiger partial charge in [-0.1, -0.05) is 29.3 Å². The number of nitrogens with zero attached hydrogens (tertiary/aromatic N) is 1. The van der Waals surface area contributed by atoms with Gasteiger partial charge in [0.1, 0.15) is 5.54 Å². The number of rotatable bonds is 2. The molecule has 1 aliphatic rings.